The third-order valence-electron chi connectivity index (χ3n) is 4.37. The number of unbranched alkanes of at least 4 members (excludes halogenated alkanes) is 15. The van der Waals surface area contributed by atoms with E-state index >= 15 is 0 Å². The molecule has 0 aromatic carbocycles. The molecule has 23 heavy (non-hydrogen) atoms. The monoisotopic (exact) mass is 398 g/mol. The van der Waals surface area contributed by atoms with Crippen LogP contribution in [0.5, 0.6) is 0 Å². The van der Waals surface area contributed by atoms with Gasteiger partial charge in [0.1, 0.15) is 0 Å². The predicted molar refractivity (Wildman–Crippen MR) is 112 cm³/mol. The van der Waals surface area contributed by atoms with Crippen molar-refractivity contribution in [3.63, 3.8) is 0 Å². The summed E-state index contributed by atoms with van der Waals surface area (Å²) in [5.41, 5.74) is 0. The van der Waals surface area contributed by atoms with Gasteiger partial charge in [-0.25, -0.2) is 0 Å². The summed E-state index contributed by atoms with van der Waals surface area (Å²) < 4.78 is 0. The molecule has 0 unspecified atom stereocenters. The van der Waals surface area contributed by atoms with E-state index in [9.17, 15) is 0 Å². The molecule has 0 aromatic heterocycles. The predicted octanol–water partition coefficient (Wildman–Crippen LogP) is 9.07. The Bertz CT molecular complexity index is 251. The summed E-state index contributed by atoms with van der Waals surface area (Å²) in [5.74, 6) is 0. The van der Waals surface area contributed by atoms with Crippen molar-refractivity contribution in [1.29, 1.82) is 0 Å². The maximum absolute atomic E-state index is 5.87. The second-order valence-electron chi connectivity index (χ2n) is 6.75. The molecule has 0 aromatic rings. The fourth-order valence-corrected chi connectivity index (χ4v) is 4.77. The molecule has 0 aliphatic carbocycles. The van der Waals surface area contributed by atoms with Gasteiger partial charge in [0.05, 0.1) is 0 Å². The van der Waals surface area contributed by atoms with E-state index in [1.165, 1.54) is 96.3 Å². The standard InChI is InChI=1S/C19H37Cl3Si/c1-2-3-4-5-6-7-8-9-10-11-12-13-14-15-16-17-18-19-23(20,21)22/h2H,1,3-19H2. The van der Waals surface area contributed by atoms with Crippen LogP contribution in [0, 0.1) is 0 Å². The average molecular weight is 400 g/mol. The Kier molecular flexibility index (Phi) is 18.3. The highest BCUT2D eigenvalue weighted by Crippen LogP contribution is 2.27. The maximum Gasteiger partial charge on any atom is 0.341 e. The van der Waals surface area contributed by atoms with Gasteiger partial charge in [-0.1, -0.05) is 96.0 Å². The number of rotatable bonds is 18. The Hall–Kier alpha value is 0.827. The molecule has 0 nitrogen and oxygen atoms in total. The second-order valence-corrected chi connectivity index (χ2v) is 16.0. The van der Waals surface area contributed by atoms with E-state index in [-0.39, 0.29) is 0 Å². The topological polar surface area (TPSA) is 0 Å². The van der Waals surface area contributed by atoms with Crippen molar-refractivity contribution < 1.29 is 0 Å². The van der Waals surface area contributed by atoms with Crippen LogP contribution < -0.4 is 0 Å². The number of allylic oxidation sites excluding steroid dienone is 1. The zero-order valence-electron chi connectivity index (χ0n) is 14.9. The number of hydrogen-bond acceptors (Lipinski definition) is 0. The first-order chi connectivity index (χ1) is 11.1. The van der Waals surface area contributed by atoms with Crippen LogP contribution >= 0.6 is 33.2 Å². The minimum Gasteiger partial charge on any atom is -0.126 e. The Morgan fingerprint density at radius 3 is 1.13 bits per heavy atom. The van der Waals surface area contributed by atoms with Crippen LogP contribution in [-0.4, -0.2) is 6.00 Å². The van der Waals surface area contributed by atoms with Crippen molar-refractivity contribution in [1.82, 2.24) is 0 Å². The zero-order valence-corrected chi connectivity index (χ0v) is 18.2. The highest BCUT2D eigenvalue weighted by atomic mass is 35.8. The van der Waals surface area contributed by atoms with Gasteiger partial charge >= 0.3 is 6.00 Å². The molecule has 0 spiro atoms. The van der Waals surface area contributed by atoms with Crippen LogP contribution in [-0.2, 0) is 0 Å². The third-order valence-corrected chi connectivity index (χ3v) is 6.99. The van der Waals surface area contributed by atoms with Gasteiger partial charge in [0.2, 0.25) is 0 Å². The van der Waals surface area contributed by atoms with Gasteiger partial charge < -0.3 is 0 Å². The highest BCUT2D eigenvalue weighted by molar-refractivity contribution is 7.64. The molecule has 0 atom stereocenters. The first-order valence-corrected chi connectivity index (χ1v) is 15.0. The van der Waals surface area contributed by atoms with Crippen LogP contribution in [0.4, 0.5) is 0 Å². The first kappa shape index (κ1) is 23.8. The van der Waals surface area contributed by atoms with Crippen LogP contribution in [0.15, 0.2) is 12.7 Å². The minimum absolute atomic E-state index is 0.825. The lowest BCUT2D eigenvalue weighted by molar-refractivity contribution is 0.533. The van der Waals surface area contributed by atoms with E-state index in [1.54, 1.807) is 0 Å². The van der Waals surface area contributed by atoms with Gasteiger partial charge in [0.15, 0.2) is 0 Å². The van der Waals surface area contributed by atoms with Crippen molar-refractivity contribution in [2.24, 2.45) is 0 Å². The quantitative estimate of drug-likeness (QED) is 0.0932. The fraction of sp³-hybridized carbons (Fsp3) is 0.895. The van der Waals surface area contributed by atoms with E-state index in [2.05, 4.69) is 6.58 Å². The summed E-state index contributed by atoms with van der Waals surface area (Å²) in [5, 5.41) is 0. The van der Waals surface area contributed by atoms with Crippen LogP contribution in [0.3, 0.4) is 0 Å². The van der Waals surface area contributed by atoms with E-state index in [0.717, 1.165) is 12.5 Å². The van der Waals surface area contributed by atoms with E-state index in [0.29, 0.717) is 0 Å². The summed E-state index contributed by atoms with van der Waals surface area (Å²) in [6.07, 6.45) is 23.7. The summed E-state index contributed by atoms with van der Waals surface area (Å²) >= 11 is 17.6. The Labute approximate surface area is 160 Å². The van der Waals surface area contributed by atoms with Crippen molar-refractivity contribution >= 4 is 39.2 Å². The molecule has 0 radical (unpaired) electrons. The number of hydrogen-bond donors (Lipinski definition) is 0. The molecule has 0 saturated heterocycles. The lowest BCUT2D eigenvalue weighted by Gasteiger charge is -2.07. The summed E-state index contributed by atoms with van der Waals surface area (Å²) in [4.78, 5) is 0. The molecule has 0 N–H and O–H groups in total. The Morgan fingerprint density at radius 2 is 0.826 bits per heavy atom. The van der Waals surface area contributed by atoms with Crippen molar-refractivity contribution in [3.05, 3.63) is 12.7 Å². The fourth-order valence-electron chi connectivity index (χ4n) is 2.91. The molecule has 0 aliphatic heterocycles. The second kappa shape index (κ2) is 17.6. The molecular weight excluding hydrogens is 363 g/mol. The lowest BCUT2D eigenvalue weighted by Crippen LogP contribution is -2.07. The molecule has 0 heterocycles. The van der Waals surface area contributed by atoms with Crippen LogP contribution in [0.1, 0.15) is 103 Å². The normalized spacial score (nSPS) is 11.8. The van der Waals surface area contributed by atoms with Crippen molar-refractivity contribution in [3.8, 4) is 0 Å². The van der Waals surface area contributed by atoms with Gasteiger partial charge in [-0.3, -0.25) is 0 Å². The van der Waals surface area contributed by atoms with Gasteiger partial charge in [-0.2, -0.15) is 0 Å². The Morgan fingerprint density at radius 1 is 0.522 bits per heavy atom. The molecule has 138 valence electrons. The van der Waals surface area contributed by atoms with Crippen LogP contribution in [0.2, 0.25) is 6.04 Å². The molecule has 0 fully saturated rings. The summed E-state index contributed by atoms with van der Waals surface area (Å²) in [7, 11) is 0. The third kappa shape index (κ3) is 22.8. The van der Waals surface area contributed by atoms with Gasteiger partial charge in [0.25, 0.3) is 0 Å². The van der Waals surface area contributed by atoms with E-state index in [4.69, 9.17) is 33.2 Å². The molecule has 0 saturated carbocycles. The van der Waals surface area contributed by atoms with Crippen molar-refractivity contribution in [2.45, 2.75) is 109 Å². The molecule has 0 bridgehead atoms. The van der Waals surface area contributed by atoms with Gasteiger partial charge in [-0.15, -0.1) is 39.8 Å². The smallest absolute Gasteiger partial charge is 0.126 e. The maximum atomic E-state index is 5.87. The van der Waals surface area contributed by atoms with E-state index < -0.39 is 6.00 Å². The Balaban J connectivity index is 3.01. The average Bonchev–Trinajstić information content (AvgIpc) is 2.49. The molecular formula is C19H37Cl3Si. The zero-order chi connectivity index (χ0) is 17.2. The number of halogens is 3. The molecule has 0 rings (SSSR count). The molecule has 0 amide bonds. The van der Waals surface area contributed by atoms with Gasteiger partial charge in [-0.05, 0) is 18.9 Å². The largest absolute Gasteiger partial charge is 0.341 e. The SMILES string of the molecule is C=CCCCCCCCCCCCCCCCCC[Si](Cl)(Cl)Cl. The van der Waals surface area contributed by atoms with Crippen molar-refractivity contribution in [2.75, 3.05) is 0 Å². The summed E-state index contributed by atoms with van der Waals surface area (Å²) in [6, 6.07) is -1.53. The first-order valence-electron chi connectivity index (χ1n) is 9.74. The summed E-state index contributed by atoms with van der Waals surface area (Å²) in [6.45, 7) is 3.76. The molecule has 0 aliphatic rings. The highest BCUT2D eigenvalue weighted by Gasteiger charge is 2.23. The van der Waals surface area contributed by atoms with E-state index in [1.807, 2.05) is 6.08 Å². The van der Waals surface area contributed by atoms with Crippen LogP contribution in [0.25, 0.3) is 0 Å². The molecule has 4 heteroatoms. The van der Waals surface area contributed by atoms with Gasteiger partial charge in [0, 0.05) is 0 Å². The lowest BCUT2D eigenvalue weighted by atomic mass is 10.0. The minimum atomic E-state index is -2.35.